The van der Waals surface area contributed by atoms with E-state index in [2.05, 4.69) is 0 Å². The minimum absolute atomic E-state index is 0.148. The van der Waals surface area contributed by atoms with Crippen LogP contribution in [0, 0.1) is 0 Å². The summed E-state index contributed by atoms with van der Waals surface area (Å²) in [6.45, 7) is 2.38. The van der Waals surface area contributed by atoms with Crippen molar-refractivity contribution in [1.29, 1.82) is 0 Å². The van der Waals surface area contributed by atoms with Gasteiger partial charge in [-0.1, -0.05) is 6.07 Å². The van der Waals surface area contributed by atoms with Gasteiger partial charge in [0.1, 0.15) is 6.54 Å². The largest absolute Gasteiger partial charge is 0.338 e. The summed E-state index contributed by atoms with van der Waals surface area (Å²) in [7, 11) is 0. The molecule has 1 aliphatic carbocycles. The number of hydrogen-bond acceptors (Lipinski definition) is 5. The van der Waals surface area contributed by atoms with E-state index in [4.69, 9.17) is 0 Å². The van der Waals surface area contributed by atoms with Gasteiger partial charge in [-0.15, -0.1) is 11.3 Å². The molecular weight excluding hydrogens is 320 g/mol. The molecule has 0 unspecified atom stereocenters. The quantitative estimate of drug-likeness (QED) is 0.776. The van der Waals surface area contributed by atoms with Crippen LogP contribution in [0.1, 0.15) is 24.6 Å². The summed E-state index contributed by atoms with van der Waals surface area (Å²) in [5.74, 6) is -0.520. The number of likely N-dealkylation sites (N-methyl/N-ethyl adjacent to an activating group) is 1. The highest BCUT2D eigenvalue weighted by atomic mass is 32.2. The van der Waals surface area contributed by atoms with E-state index in [1.54, 1.807) is 11.0 Å². The van der Waals surface area contributed by atoms with Crippen LogP contribution in [-0.2, 0) is 9.59 Å². The Morgan fingerprint density at radius 3 is 2.82 bits per heavy atom. The first kappa shape index (κ1) is 15.3. The molecule has 5 nitrogen and oxygen atoms in total. The number of carbonyl (C=O) groups is 3. The van der Waals surface area contributed by atoms with Gasteiger partial charge in [-0.2, -0.15) is 0 Å². The smallest absolute Gasteiger partial charge is 0.294 e. The van der Waals surface area contributed by atoms with E-state index in [1.807, 2.05) is 24.4 Å². The van der Waals surface area contributed by atoms with Crippen LogP contribution < -0.4 is 0 Å². The molecule has 2 heterocycles. The molecule has 116 valence electrons. The van der Waals surface area contributed by atoms with Crippen molar-refractivity contribution in [1.82, 2.24) is 9.80 Å². The van der Waals surface area contributed by atoms with Crippen molar-refractivity contribution in [2.75, 3.05) is 13.1 Å². The second kappa shape index (κ2) is 6.26. The Morgan fingerprint density at radius 2 is 2.23 bits per heavy atom. The molecule has 0 spiro atoms. The predicted octanol–water partition coefficient (Wildman–Crippen LogP) is 2.80. The van der Waals surface area contributed by atoms with E-state index in [-0.39, 0.29) is 23.6 Å². The van der Waals surface area contributed by atoms with E-state index >= 15 is 0 Å². The van der Waals surface area contributed by atoms with Crippen molar-refractivity contribution in [3.8, 4) is 0 Å². The summed E-state index contributed by atoms with van der Waals surface area (Å²) in [5, 5.41) is 1.54. The lowest BCUT2D eigenvalue weighted by atomic mass is 10.3. The van der Waals surface area contributed by atoms with E-state index in [1.165, 1.54) is 11.3 Å². The number of rotatable bonds is 5. The monoisotopic (exact) mass is 336 g/mol. The van der Waals surface area contributed by atoms with Gasteiger partial charge in [0.25, 0.3) is 11.1 Å². The molecule has 1 saturated heterocycles. The summed E-state index contributed by atoms with van der Waals surface area (Å²) in [4.78, 5) is 40.7. The topological polar surface area (TPSA) is 57.7 Å². The van der Waals surface area contributed by atoms with Crippen LogP contribution in [-0.4, -0.2) is 46.0 Å². The normalized spacial score (nSPS) is 20.0. The summed E-state index contributed by atoms with van der Waals surface area (Å²) >= 11 is 2.40. The van der Waals surface area contributed by atoms with Gasteiger partial charge in [0.05, 0.1) is 4.91 Å². The number of thioether (sulfide) groups is 1. The Morgan fingerprint density at radius 1 is 1.45 bits per heavy atom. The zero-order valence-corrected chi connectivity index (χ0v) is 13.8. The molecule has 0 N–H and O–H groups in total. The lowest BCUT2D eigenvalue weighted by Gasteiger charge is -2.22. The highest BCUT2D eigenvalue weighted by Gasteiger charge is 2.39. The van der Waals surface area contributed by atoms with Gasteiger partial charge in [0.15, 0.2) is 0 Å². The van der Waals surface area contributed by atoms with Gasteiger partial charge in [0.2, 0.25) is 5.91 Å². The maximum absolute atomic E-state index is 12.3. The number of thiophene rings is 1. The molecule has 2 aliphatic rings. The van der Waals surface area contributed by atoms with E-state index in [9.17, 15) is 14.4 Å². The number of nitrogens with zero attached hydrogens (tertiary/aromatic N) is 2. The third-order valence-corrected chi connectivity index (χ3v) is 5.36. The van der Waals surface area contributed by atoms with Crippen molar-refractivity contribution in [3.63, 3.8) is 0 Å². The van der Waals surface area contributed by atoms with Crippen LogP contribution in [0.25, 0.3) is 6.08 Å². The number of imide groups is 1. The minimum atomic E-state index is -0.372. The molecule has 1 aromatic heterocycles. The van der Waals surface area contributed by atoms with Crippen LogP contribution >= 0.6 is 23.1 Å². The van der Waals surface area contributed by atoms with Crippen molar-refractivity contribution < 1.29 is 14.4 Å². The summed E-state index contributed by atoms with van der Waals surface area (Å²) < 4.78 is 0. The molecule has 1 saturated carbocycles. The van der Waals surface area contributed by atoms with Crippen LogP contribution in [0.3, 0.4) is 0 Å². The van der Waals surface area contributed by atoms with Crippen LogP contribution in [0.5, 0.6) is 0 Å². The fourth-order valence-corrected chi connectivity index (χ4v) is 3.95. The molecule has 7 heteroatoms. The minimum Gasteiger partial charge on any atom is -0.338 e. The van der Waals surface area contributed by atoms with Crippen LogP contribution in [0.4, 0.5) is 4.79 Å². The van der Waals surface area contributed by atoms with Crippen LogP contribution in [0.15, 0.2) is 22.4 Å². The Bertz CT molecular complexity index is 635. The average molecular weight is 336 g/mol. The number of amides is 3. The molecule has 22 heavy (non-hydrogen) atoms. The Labute approximate surface area is 137 Å². The highest BCUT2D eigenvalue weighted by molar-refractivity contribution is 8.18. The number of hydrogen-bond donors (Lipinski definition) is 0. The molecule has 0 aromatic carbocycles. The molecule has 0 bridgehead atoms. The molecule has 3 rings (SSSR count). The average Bonchev–Trinajstić information content (AvgIpc) is 3.12. The van der Waals surface area contributed by atoms with Crippen molar-refractivity contribution in [2.45, 2.75) is 25.8 Å². The molecule has 3 amide bonds. The zero-order chi connectivity index (χ0) is 15.7. The Hall–Kier alpha value is -1.60. The van der Waals surface area contributed by atoms with Crippen molar-refractivity contribution >= 4 is 46.2 Å². The molecule has 0 radical (unpaired) electrons. The van der Waals surface area contributed by atoms with Crippen molar-refractivity contribution in [2.24, 2.45) is 0 Å². The van der Waals surface area contributed by atoms with E-state index < -0.39 is 0 Å². The SMILES string of the molecule is CCN(C(=O)CN1C(=O)S/C(=C\c2cccs2)C1=O)C1CC1. The lowest BCUT2D eigenvalue weighted by Crippen LogP contribution is -2.43. The summed E-state index contributed by atoms with van der Waals surface area (Å²) in [5.41, 5.74) is 0. The standard InChI is InChI=1S/C15H16N2O3S2/c1-2-16(10-5-6-10)13(18)9-17-14(19)12(22-15(17)20)8-11-4-3-7-21-11/h3-4,7-8,10H,2,5-6,9H2,1H3/b12-8-. The number of carbonyl (C=O) groups excluding carboxylic acids is 3. The van der Waals surface area contributed by atoms with Gasteiger partial charge < -0.3 is 4.90 Å². The van der Waals surface area contributed by atoms with Crippen LogP contribution in [0.2, 0.25) is 0 Å². The molecule has 2 fully saturated rings. The first-order chi connectivity index (χ1) is 10.6. The molecule has 1 aromatic rings. The van der Waals surface area contributed by atoms with Gasteiger partial charge in [-0.05, 0) is 49.0 Å². The molecular formula is C15H16N2O3S2. The Kier molecular flexibility index (Phi) is 4.35. The van der Waals surface area contributed by atoms with Crippen molar-refractivity contribution in [3.05, 3.63) is 27.3 Å². The maximum Gasteiger partial charge on any atom is 0.294 e. The summed E-state index contributed by atoms with van der Waals surface area (Å²) in [6, 6.07) is 4.06. The highest BCUT2D eigenvalue weighted by Crippen LogP contribution is 2.33. The van der Waals surface area contributed by atoms with Gasteiger partial charge >= 0.3 is 0 Å². The third-order valence-electron chi connectivity index (χ3n) is 3.63. The third kappa shape index (κ3) is 3.10. The van der Waals surface area contributed by atoms with Gasteiger partial charge in [0, 0.05) is 17.5 Å². The fraction of sp³-hybridized carbons (Fsp3) is 0.400. The van der Waals surface area contributed by atoms with Gasteiger partial charge in [-0.25, -0.2) is 0 Å². The van der Waals surface area contributed by atoms with E-state index in [0.717, 1.165) is 34.4 Å². The molecule has 1 aliphatic heterocycles. The predicted molar refractivity (Wildman–Crippen MR) is 87.4 cm³/mol. The lowest BCUT2D eigenvalue weighted by molar-refractivity contribution is -0.136. The second-order valence-corrected chi connectivity index (χ2v) is 7.17. The zero-order valence-electron chi connectivity index (χ0n) is 12.2. The summed E-state index contributed by atoms with van der Waals surface area (Å²) in [6.07, 6.45) is 3.73. The van der Waals surface area contributed by atoms with Gasteiger partial charge in [-0.3, -0.25) is 19.3 Å². The first-order valence-corrected chi connectivity index (χ1v) is 8.88. The fourth-order valence-electron chi connectivity index (χ4n) is 2.39. The molecule has 0 atom stereocenters. The second-order valence-electron chi connectivity index (χ2n) is 5.19. The van der Waals surface area contributed by atoms with E-state index in [0.29, 0.717) is 17.5 Å². The Balaban J connectivity index is 1.70. The first-order valence-electron chi connectivity index (χ1n) is 7.18. The maximum atomic E-state index is 12.3.